The molecule has 0 bridgehead atoms. The van der Waals surface area contributed by atoms with E-state index in [9.17, 15) is 12.8 Å². The van der Waals surface area contributed by atoms with Crippen molar-refractivity contribution >= 4 is 10.0 Å². The van der Waals surface area contributed by atoms with Crippen molar-refractivity contribution < 1.29 is 12.8 Å². The van der Waals surface area contributed by atoms with Gasteiger partial charge in [0.25, 0.3) is 0 Å². The molecule has 0 amide bonds. The van der Waals surface area contributed by atoms with Gasteiger partial charge in [-0.2, -0.15) is 4.31 Å². The molecule has 6 heteroatoms. The minimum absolute atomic E-state index is 0.181. The molecule has 4 nitrogen and oxygen atoms in total. The predicted octanol–water partition coefficient (Wildman–Crippen LogP) is 2.34. The summed E-state index contributed by atoms with van der Waals surface area (Å²) in [6.45, 7) is 6.62. The molecular formula is C14H23FN2O2S. The zero-order valence-corrected chi connectivity index (χ0v) is 13.1. The summed E-state index contributed by atoms with van der Waals surface area (Å²) in [5.74, 6) is -0.504. The maximum Gasteiger partial charge on any atom is 0.245 e. The highest BCUT2D eigenvalue weighted by Crippen LogP contribution is 2.22. The van der Waals surface area contributed by atoms with Crippen molar-refractivity contribution in [2.45, 2.75) is 38.6 Å². The van der Waals surface area contributed by atoms with Gasteiger partial charge in [-0.15, -0.1) is 0 Å². The highest BCUT2D eigenvalue weighted by atomic mass is 32.2. The van der Waals surface area contributed by atoms with E-state index in [0.717, 1.165) is 12.5 Å². The summed E-state index contributed by atoms with van der Waals surface area (Å²) in [6.07, 6.45) is 0.872. The van der Waals surface area contributed by atoms with Gasteiger partial charge < -0.3 is 5.73 Å². The highest BCUT2D eigenvalue weighted by molar-refractivity contribution is 7.89. The molecule has 0 aromatic heterocycles. The minimum atomic E-state index is -3.82. The zero-order chi connectivity index (χ0) is 15.3. The number of sulfonamides is 1. The van der Waals surface area contributed by atoms with Crippen LogP contribution in [0, 0.1) is 11.7 Å². The molecule has 0 aliphatic carbocycles. The van der Waals surface area contributed by atoms with Crippen LogP contribution in [-0.4, -0.2) is 25.8 Å². The maximum absolute atomic E-state index is 13.9. The SMILES string of the molecule is CCC(C)CN(CC)S(=O)(=O)c1cc(CN)ccc1F. The van der Waals surface area contributed by atoms with E-state index in [0.29, 0.717) is 18.7 Å². The molecule has 1 rings (SSSR count). The van der Waals surface area contributed by atoms with Crippen LogP contribution in [0.3, 0.4) is 0 Å². The summed E-state index contributed by atoms with van der Waals surface area (Å²) in [6, 6.07) is 3.98. The molecule has 1 aromatic carbocycles. The third-order valence-electron chi connectivity index (χ3n) is 3.41. The van der Waals surface area contributed by atoms with Crippen molar-refractivity contribution in [3.05, 3.63) is 29.6 Å². The number of nitrogens with two attached hydrogens (primary N) is 1. The molecule has 20 heavy (non-hydrogen) atoms. The van der Waals surface area contributed by atoms with Gasteiger partial charge in [0, 0.05) is 19.6 Å². The van der Waals surface area contributed by atoms with E-state index in [4.69, 9.17) is 5.73 Å². The standard InChI is InChI=1S/C14H23FN2O2S/c1-4-11(3)10-17(5-2)20(18,19)14-8-12(9-16)6-7-13(14)15/h6-8,11H,4-5,9-10,16H2,1-3H3. The highest BCUT2D eigenvalue weighted by Gasteiger charge is 2.27. The fraction of sp³-hybridized carbons (Fsp3) is 0.571. The molecule has 0 saturated carbocycles. The van der Waals surface area contributed by atoms with Crippen molar-refractivity contribution in [3.63, 3.8) is 0 Å². The van der Waals surface area contributed by atoms with Gasteiger partial charge in [-0.1, -0.05) is 33.3 Å². The van der Waals surface area contributed by atoms with E-state index >= 15 is 0 Å². The Morgan fingerprint density at radius 2 is 2.00 bits per heavy atom. The molecule has 2 N–H and O–H groups in total. The lowest BCUT2D eigenvalue weighted by molar-refractivity contribution is 0.360. The molecule has 1 unspecified atom stereocenters. The second kappa shape index (κ2) is 7.15. The van der Waals surface area contributed by atoms with Crippen LogP contribution in [0.25, 0.3) is 0 Å². The molecule has 0 fully saturated rings. The van der Waals surface area contributed by atoms with Crippen molar-refractivity contribution in [3.8, 4) is 0 Å². The van der Waals surface area contributed by atoms with E-state index in [1.807, 2.05) is 13.8 Å². The van der Waals surface area contributed by atoms with Crippen LogP contribution in [-0.2, 0) is 16.6 Å². The second-order valence-electron chi connectivity index (χ2n) is 4.94. The van der Waals surface area contributed by atoms with Gasteiger partial charge in [-0.05, 0) is 23.6 Å². The first-order chi connectivity index (χ1) is 9.36. The fourth-order valence-electron chi connectivity index (χ4n) is 1.89. The van der Waals surface area contributed by atoms with Crippen molar-refractivity contribution in [1.82, 2.24) is 4.31 Å². The smallest absolute Gasteiger partial charge is 0.245 e. The maximum atomic E-state index is 13.9. The first kappa shape index (κ1) is 17.1. The van der Waals surface area contributed by atoms with Crippen LogP contribution in [0.2, 0.25) is 0 Å². The van der Waals surface area contributed by atoms with E-state index in [1.165, 1.54) is 16.4 Å². The van der Waals surface area contributed by atoms with Crippen molar-refractivity contribution in [1.29, 1.82) is 0 Å². The lowest BCUT2D eigenvalue weighted by Crippen LogP contribution is -2.35. The van der Waals surface area contributed by atoms with Gasteiger partial charge in [0.1, 0.15) is 10.7 Å². The third kappa shape index (κ3) is 3.77. The topological polar surface area (TPSA) is 63.4 Å². The van der Waals surface area contributed by atoms with E-state index in [1.54, 1.807) is 6.92 Å². The van der Waals surface area contributed by atoms with E-state index in [2.05, 4.69) is 0 Å². The number of nitrogens with zero attached hydrogens (tertiary/aromatic N) is 1. The molecule has 0 radical (unpaired) electrons. The fourth-order valence-corrected chi connectivity index (χ4v) is 3.57. The van der Waals surface area contributed by atoms with E-state index in [-0.39, 0.29) is 17.4 Å². The van der Waals surface area contributed by atoms with Crippen LogP contribution < -0.4 is 5.73 Å². The molecular weight excluding hydrogens is 279 g/mol. The van der Waals surface area contributed by atoms with Crippen LogP contribution in [0.5, 0.6) is 0 Å². The predicted molar refractivity (Wildman–Crippen MR) is 78.2 cm³/mol. The van der Waals surface area contributed by atoms with Gasteiger partial charge in [0.05, 0.1) is 0 Å². The minimum Gasteiger partial charge on any atom is -0.326 e. The summed E-state index contributed by atoms with van der Waals surface area (Å²) in [5.41, 5.74) is 6.09. The number of hydrogen-bond acceptors (Lipinski definition) is 3. The molecule has 1 aromatic rings. The van der Waals surface area contributed by atoms with Gasteiger partial charge in [0.15, 0.2) is 0 Å². The number of hydrogen-bond donors (Lipinski definition) is 1. The normalized spacial score (nSPS) is 13.7. The Balaban J connectivity index is 3.19. The summed E-state index contributed by atoms with van der Waals surface area (Å²) < 4.78 is 40.3. The number of benzene rings is 1. The van der Waals surface area contributed by atoms with Gasteiger partial charge in [-0.3, -0.25) is 0 Å². The quantitative estimate of drug-likeness (QED) is 0.841. The Kier molecular flexibility index (Phi) is 6.10. The van der Waals surface area contributed by atoms with Gasteiger partial charge in [-0.25, -0.2) is 12.8 Å². The Morgan fingerprint density at radius 1 is 1.35 bits per heavy atom. The molecule has 0 heterocycles. The average molecular weight is 302 g/mol. The molecule has 0 saturated heterocycles. The lowest BCUT2D eigenvalue weighted by Gasteiger charge is -2.24. The van der Waals surface area contributed by atoms with Gasteiger partial charge in [0.2, 0.25) is 10.0 Å². The Morgan fingerprint density at radius 3 is 2.50 bits per heavy atom. The van der Waals surface area contributed by atoms with Crippen LogP contribution >= 0.6 is 0 Å². The summed E-state index contributed by atoms with van der Waals surface area (Å²) in [7, 11) is -3.82. The largest absolute Gasteiger partial charge is 0.326 e. The molecule has 0 aliphatic rings. The summed E-state index contributed by atoms with van der Waals surface area (Å²) in [5, 5.41) is 0. The molecule has 114 valence electrons. The average Bonchev–Trinajstić information content (AvgIpc) is 2.44. The monoisotopic (exact) mass is 302 g/mol. The molecule has 1 atom stereocenters. The van der Waals surface area contributed by atoms with Crippen molar-refractivity contribution in [2.75, 3.05) is 13.1 Å². The number of rotatable bonds is 7. The number of halogens is 1. The first-order valence-electron chi connectivity index (χ1n) is 6.85. The van der Waals surface area contributed by atoms with E-state index < -0.39 is 15.8 Å². The zero-order valence-electron chi connectivity index (χ0n) is 12.3. The second-order valence-corrected chi connectivity index (χ2v) is 6.84. The van der Waals surface area contributed by atoms with Crippen LogP contribution in [0.1, 0.15) is 32.8 Å². The Hall–Kier alpha value is -0.980. The Bertz CT molecular complexity index is 546. The lowest BCUT2D eigenvalue weighted by atomic mass is 10.1. The third-order valence-corrected chi connectivity index (χ3v) is 5.37. The Labute approximate surface area is 120 Å². The van der Waals surface area contributed by atoms with Crippen molar-refractivity contribution in [2.24, 2.45) is 11.7 Å². The molecule has 0 aliphatic heterocycles. The van der Waals surface area contributed by atoms with Crippen LogP contribution in [0.15, 0.2) is 23.1 Å². The van der Waals surface area contributed by atoms with Crippen LogP contribution in [0.4, 0.5) is 4.39 Å². The summed E-state index contributed by atoms with van der Waals surface area (Å²) >= 11 is 0. The van der Waals surface area contributed by atoms with Gasteiger partial charge >= 0.3 is 0 Å². The first-order valence-corrected chi connectivity index (χ1v) is 8.29. The summed E-state index contributed by atoms with van der Waals surface area (Å²) in [4.78, 5) is -0.286. The molecule has 0 spiro atoms.